The molecule has 0 saturated heterocycles. The molecule has 3 nitrogen and oxygen atoms in total. The van der Waals surface area contributed by atoms with Gasteiger partial charge in [-0.15, -0.1) is 0 Å². The first kappa shape index (κ1) is 12.9. The molecule has 3 N–H and O–H groups in total. The Morgan fingerprint density at radius 2 is 2.31 bits per heavy atom. The van der Waals surface area contributed by atoms with Crippen LogP contribution in [0.4, 0.5) is 4.39 Å². The number of carbonyl (C=O) groups is 1. The van der Waals surface area contributed by atoms with Crippen molar-refractivity contribution in [3.63, 3.8) is 0 Å². The van der Waals surface area contributed by atoms with Crippen molar-refractivity contribution in [3.8, 4) is 0 Å². The van der Waals surface area contributed by atoms with Crippen molar-refractivity contribution in [2.45, 2.75) is 19.4 Å². The summed E-state index contributed by atoms with van der Waals surface area (Å²) in [6.07, 6.45) is 0.741. The highest BCUT2D eigenvalue weighted by molar-refractivity contribution is 6.33. The van der Waals surface area contributed by atoms with Crippen LogP contribution < -0.4 is 11.1 Å². The van der Waals surface area contributed by atoms with E-state index >= 15 is 0 Å². The highest BCUT2D eigenvalue weighted by Crippen LogP contribution is 2.18. The normalized spacial score (nSPS) is 12.2. The van der Waals surface area contributed by atoms with Crippen LogP contribution in [-0.2, 0) is 0 Å². The Morgan fingerprint density at radius 1 is 1.62 bits per heavy atom. The second-order valence-corrected chi connectivity index (χ2v) is 3.88. The Morgan fingerprint density at radius 3 is 2.88 bits per heavy atom. The summed E-state index contributed by atoms with van der Waals surface area (Å²) in [5.74, 6) is -1.16. The van der Waals surface area contributed by atoms with Crippen LogP contribution in [0, 0.1) is 5.82 Å². The second kappa shape index (κ2) is 5.82. The lowest BCUT2D eigenvalue weighted by atomic mass is 10.2. The Labute approximate surface area is 98.8 Å². The third-order valence-corrected chi connectivity index (χ3v) is 2.55. The van der Waals surface area contributed by atoms with Gasteiger partial charge in [0.2, 0.25) is 0 Å². The molecule has 0 heterocycles. The average molecular weight is 245 g/mol. The molecule has 0 saturated carbocycles. The van der Waals surface area contributed by atoms with Gasteiger partial charge in [0.05, 0.1) is 10.6 Å². The maximum atomic E-state index is 13.3. The van der Waals surface area contributed by atoms with Gasteiger partial charge in [-0.05, 0) is 18.6 Å². The number of amides is 1. The van der Waals surface area contributed by atoms with E-state index in [0.717, 1.165) is 6.42 Å². The highest BCUT2D eigenvalue weighted by atomic mass is 35.5. The van der Waals surface area contributed by atoms with Crippen LogP contribution in [0.15, 0.2) is 18.2 Å². The summed E-state index contributed by atoms with van der Waals surface area (Å²) in [4.78, 5) is 11.6. The molecule has 0 aliphatic carbocycles. The molecule has 1 aromatic rings. The van der Waals surface area contributed by atoms with Crippen LogP contribution in [0.1, 0.15) is 23.7 Å². The van der Waals surface area contributed by atoms with Crippen LogP contribution in [0.25, 0.3) is 0 Å². The summed E-state index contributed by atoms with van der Waals surface area (Å²) >= 11 is 5.74. The second-order valence-electron chi connectivity index (χ2n) is 3.48. The predicted octanol–water partition coefficient (Wildman–Crippen LogP) is 1.95. The van der Waals surface area contributed by atoms with Gasteiger partial charge in [-0.1, -0.05) is 24.6 Å². The number of benzene rings is 1. The van der Waals surface area contributed by atoms with E-state index in [9.17, 15) is 9.18 Å². The third kappa shape index (κ3) is 3.18. The topological polar surface area (TPSA) is 55.1 Å². The molecular weight excluding hydrogens is 231 g/mol. The van der Waals surface area contributed by atoms with Gasteiger partial charge in [0.1, 0.15) is 5.82 Å². The Balaban J connectivity index is 2.73. The Hall–Kier alpha value is -1.13. The number of rotatable bonds is 4. The first-order valence-electron chi connectivity index (χ1n) is 5.04. The molecule has 0 spiro atoms. The minimum atomic E-state index is -0.630. The average Bonchev–Trinajstić information content (AvgIpc) is 2.25. The number of hydrogen-bond acceptors (Lipinski definition) is 2. The highest BCUT2D eigenvalue weighted by Gasteiger charge is 2.15. The minimum Gasteiger partial charge on any atom is -0.350 e. The standard InChI is InChI=1S/C11H14ClFN2O/c1-2-7(14)6-15-11(16)10-8(12)4-3-5-9(10)13/h3-5,7H,2,6,14H2,1H3,(H,15,16). The van der Waals surface area contributed by atoms with E-state index in [1.54, 1.807) is 0 Å². The van der Waals surface area contributed by atoms with Crippen LogP contribution in [0.5, 0.6) is 0 Å². The molecule has 1 atom stereocenters. The maximum absolute atomic E-state index is 13.3. The van der Waals surface area contributed by atoms with E-state index in [1.165, 1.54) is 18.2 Å². The summed E-state index contributed by atoms with van der Waals surface area (Å²) < 4.78 is 13.3. The first-order valence-corrected chi connectivity index (χ1v) is 5.41. The largest absolute Gasteiger partial charge is 0.350 e. The molecule has 88 valence electrons. The van der Waals surface area contributed by atoms with Gasteiger partial charge in [-0.25, -0.2) is 4.39 Å². The zero-order chi connectivity index (χ0) is 12.1. The van der Waals surface area contributed by atoms with Crippen LogP contribution in [-0.4, -0.2) is 18.5 Å². The number of carbonyl (C=O) groups excluding carboxylic acids is 1. The lowest BCUT2D eigenvalue weighted by Gasteiger charge is -2.11. The van der Waals surface area contributed by atoms with Crippen molar-refractivity contribution in [2.75, 3.05) is 6.54 Å². The molecule has 0 aliphatic rings. The van der Waals surface area contributed by atoms with E-state index < -0.39 is 11.7 Å². The molecule has 1 aromatic carbocycles. The zero-order valence-corrected chi connectivity index (χ0v) is 9.72. The Kier molecular flexibility index (Phi) is 4.71. The van der Waals surface area contributed by atoms with E-state index in [2.05, 4.69) is 5.32 Å². The first-order chi connectivity index (χ1) is 7.56. The summed E-state index contributed by atoms with van der Waals surface area (Å²) in [5, 5.41) is 2.64. The van der Waals surface area contributed by atoms with Crippen molar-refractivity contribution in [1.82, 2.24) is 5.32 Å². The molecule has 1 rings (SSSR count). The van der Waals surface area contributed by atoms with Gasteiger partial charge < -0.3 is 11.1 Å². The third-order valence-electron chi connectivity index (χ3n) is 2.24. The molecule has 5 heteroatoms. The van der Waals surface area contributed by atoms with E-state index in [4.69, 9.17) is 17.3 Å². The molecule has 0 fully saturated rings. The SMILES string of the molecule is CCC(N)CNC(=O)c1c(F)cccc1Cl. The molecule has 0 aromatic heterocycles. The van der Waals surface area contributed by atoms with Gasteiger partial charge in [0, 0.05) is 12.6 Å². The van der Waals surface area contributed by atoms with E-state index in [1.807, 2.05) is 6.92 Å². The smallest absolute Gasteiger partial charge is 0.255 e. The van der Waals surface area contributed by atoms with Crippen LogP contribution in [0.2, 0.25) is 5.02 Å². The van der Waals surface area contributed by atoms with Crippen LogP contribution >= 0.6 is 11.6 Å². The molecule has 0 bridgehead atoms. The van der Waals surface area contributed by atoms with Gasteiger partial charge in [0.25, 0.3) is 5.91 Å². The van der Waals surface area contributed by atoms with Crippen molar-refractivity contribution in [1.29, 1.82) is 0 Å². The lowest BCUT2D eigenvalue weighted by molar-refractivity contribution is 0.0947. The molecule has 0 radical (unpaired) electrons. The van der Waals surface area contributed by atoms with Crippen molar-refractivity contribution < 1.29 is 9.18 Å². The monoisotopic (exact) mass is 244 g/mol. The number of halogens is 2. The minimum absolute atomic E-state index is 0.0996. The summed E-state index contributed by atoms with van der Waals surface area (Å²) in [5.41, 5.74) is 5.50. The number of nitrogens with two attached hydrogens (primary N) is 1. The molecule has 0 aliphatic heterocycles. The van der Waals surface area contributed by atoms with Gasteiger partial charge in [0.15, 0.2) is 0 Å². The fourth-order valence-electron chi connectivity index (χ4n) is 1.17. The zero-order valence-electron chi connectivity index (χ0n) is 8.97. The van der Waals surface area contributed by atoms with Gasteiger partial charge in [-0.2, -0.15) is 0 Å². The van der Waals surface area contributed by atoms with E-state index in [-0.39, 0.29) is 16.6 Å². The van der Waals surface area contributed by atoms with Gasteiger partial charge in [-0.3, -0.25) is 4.79 Å². The Bertz CT molecular complexity index is 364. The molecule has 1 unspecified atom stereocenters. The molecule has 16 heavy (non-hydrogen) atoms. The molecular formula is C11H14ClFN2O. The van der Waals surface area contributed by atoms with Crippen LogP contribution in [0.3, 0.4) is 0 Å². The number of nitrogens with one attached hydrogen (secondary N) is 1. The maximum Gasteiger partial charge on any atom is 0.255 e. The van der Waals surface area contributed by atoms with E-state index in [0.29, 0.717) is 6.54 Å². The quantitative estimate of drug-likeness (QED) is 0.851. The lowest BCUT2D eigenvalue weighted by Crippen LogP contribution is -2.37. The van der Waals surface area contributed by atoms with Gasteiger partial charge >= 0.3 is 0 Å². The van der Waals surface area contributed by atoms with Crippen molar-refractivity contribution in [3.05, 3.63) is 34.6 Å². The summed E-state index contributed by atoms with van der Waals surface area (Å²) in [6, 6.07) is 3.99. The fourth-order valence-corrected chi connectivity index (χ4v) is 1.42. The predicted molar refractivity (Wildman–Crippen MR) is 62.0 cm³/mol. The summed E-state index contributed by atoms with van der Waals surface area (Å²) in [7, 11) is 0. The molecule has 1 amide bonds. The van der Waals surface area contributed by atoms with Crippen molar-refractivity contribution in [2.24, 2.45) is 5.73 Å². The fraction of sp³-hybridized carbons (Fsp3) is 0.364. The number of hydrogen-bond donors (Lipinski definition) is 2. The van der Waals surface area contributed by atoms with Crippen molar-refractivity contribution >= 4 is 17.5 Å². The summed E-state index contributed by atoms with van der Waals surface area (Å²) in [6.45, 7) is 2.22.